The second-order valence-electron chi connectivity index (χ2n) is 6.36. The number of fused-ring (bicyclic) bond motifs is 1. The number of aryl methyl sites for hydroxylation is 2. The molecule has 27 heavy (non-hydrogen) atoms. The molecule has 1 N–H and O–H groups in total. The number of rotatable bonds is 3. The molecular weight excluding hydrogens is 368 g/mol. The molecule has 1 unspecified atom stereocenters. The van der Waals surface area contributed by atoms with E-state index in [9.17, 15) is 18.0 Å². The van der Waals surface area contributed by atoms with Gasteiger partial charge in [0.2, 0.25) is 6.10 Å². The van der Waals surface area contributed by atoms with Crippen molar-refractivity contribution in [3.05, 3.63) is 69.8 Å². The van der Waals surface area contributed by atoms with E-state index < -0.39 is 23.8 Å². The number of hydrogen-bond acceptors (Lipinski definition) is 2. The first-order valence-electron chi connectivity index (χ1n) is 8.03. The first-order valence-corrected chi connectivity index (χ1v) is 8.03. The van der Waals surface area contributed by atoms with Crippen LogP contribution in [0.2, 0.25) is 0 Å². The molecule has 138 valence electrons. The summed E-state index contributed by atoms with van der Waals surface area (Å²) in [5.41, 5.74) is 3.39. The van der Waals surface area contributed by atoms with Crippen molar-refractivity contribution in [2.24, 2.45) is 0 Å². The summed E-state index contributed by atoms with van der Waals surface area (Å²) in [6.45, 7) is 3.82. The summed E-state index contributed by atoms with van der Waals surface area (Å²) in [5.74, 6) is -1.59. The number of hydrogen-bond donors (Lipinski definition) is 1. The van der Waals surface area contributed by atoms with E-state index in [0.717, 1.165) is 28.3 Å². The Hall–Kier alpha value is -1.76. The summed E-state index contributed by atoms with van der Waals surface area (Å²) in [6.07, 6.45) is -5.67. The molecule has 3 nitrogen and oxygen atoms in total. The van der Waals surface area contributed by atoms with Gasteiger partial charge >= 0.3 is 41.7 Å². The molecule has 2 aromatic rings. The molecule has 1 atom stereocenters. The molecule has 0 aliphatic carbocycles. The molecule has 1 aliphatic heterocycles. The minimum absolute atomic E-state index is 0. The van der Waals surface area contributed by atoms with Gasteiger partial charge in [0.05, 0.1) is 5.57 Å². The van der Waals surface area contributed by atoms with E-state index in [0.29, 0.717) is 12.0 Å². The third kappa shape index (κ3) is 4.57. The molecule has 0 saturated carbocycles. The predicted molar refractivity (Wildman–Crippen MR) is 98.4 cm³/mol. The van der Waals surface area contributed by atoms with Crippen molar-refractivity contribution in [1.82, 2.24) is 0 Å². The van der Waals surface area contributed by atoms with Crippen molar-refractivity contribution in [3.63, 3.8) is 0 Å². The van der Waals surface area contributed by atoms with Crippen molar-refractivity contribution >= 4 is 41.6 Å². The van der Waals surface area contributed by atoms with Gasteiger partial charge in [0.25, 0.3) is 0 Å². The molecule has 0 fully saturated rings. The number of carboxylic acid groups (broad SMARTS) is 1. The van der Waals surface area contributed by atoms with E-state index in [1.807, 2.05) is 38.1 Å². The second kappa shape index (κ2) is 8.09. The average molecular weight is 386 g/mol. The van der Waals surface area contributed by atoms with Crippen LogP contribution in [0.4, 0.5) is 13.2 Å². The second-order valence-corrected chi connectivity index (χ2v) is 6.36. The van der Waals surface area contributed by atoms with Gasteiger partial charge in [-0.05, 0) is 60.7 Å². The first-order chi connectivity index (χ1) is 12.2. The van der Waals surface area contributed by atoms with Crippen molar-refractivity contribution in [3.8, 4) is 5.75 Å². The fourth-order valence-electron chi connectivity index (χ4n) is 3.02. The van der Waals surface area contributed by atoms with Crippen molar-refractivity contribution in [2.45, 2.75) is 32.5 Å². The van der Waals surface area contributed by atoms with Gasteiger partial charge in [-0.3, -0.25) is 0 Å². The molecule has 7 heteroatoms. The minimum atomic E-state index is -4.80. The zero-order valence-electron chi connectivity index (χ0n) is 14.2. The Morgan fingerprint density at radius 1 is 1.11 bits per heavy atom. The average Bonchev–Trinajstić information content (AvgIpc) is 2.55. The van der Waals surface area contributed by atoms with Crippen LogP contribution < -0.4 is 4.74 Å². The van der Waals surface area contributed by atoms with Crippen LogP contribution in [0.1, 0.15) is 27.8 Å². The van der Waals surface area contributed by atoms with Crippen LogP contribution >= 0.6 is 0 Å². The van der Waals surface area contributed by atoms with Crippen molar-refractivity contribution in [1.29, 1.82) is 0 Å². The van der Waals surface area contributed by atoms with Crippen LogP contribution in [0.5, 0.6) is 5.75 Å². The summed E-state index contributed by atoms with van der Waals surface area (Å²) < 4.78 is 44.6. The molecule has 0 aromatic heterocycles. The number of benzene rings is 2. The maximum absolute atomic E-state index is 13.2. The normalized spacial score (nSPS) is 15.9. The molecule has 3 rings (SSSR count). The first kappa shape index (κ1) is 21.5. The molecule has 0 bridgehead atoms. The van der Waals surface area contributed by atoms with Crippen LogP contribution in [-0.4, -0.2) is 52.9 Å². The number of alkyl halides is 3. The molecule has 0 radical (unpaired) electrons. The molecule has 1 aliphatic rings. The number of halogens is 3. The van der Waals surface area contributed by atoms with Gasteiger partial charge in [-0.15, -0.1) is 0 Å². The van der Waals surface area contributed by atoms with Gasteiger partial charge in [0.15, 0.2) is 0 Å². The quantitative estimate of drug-likeness (QED) is 0.810. The zero-order chi connectivity index (χ0) is 19.1. The maximum atomic E-state index is 13.2. The Morgan fingerprint density at radius 3 is 2.37 bits per heavy atom. The predicted octanol–water partition coefficient (Wildman–Crippen LogP) is 4.04. The van der Waals surface area contributed by atoms with Gasteiger partial charge < -0.3 is 9.84 Å². The van der Waals surface area contributed by atoms with Gasteiger partial charge in [0.1, 0.15) is 5.75 Å². The van der Waals surface area contributed by atoms with E-state index in [4.69, 9.17) is 9.84 Å². The Balaban J connectivity index is 0.00000261. The van der Waals surface area contributed by atoms with E-state index >= 15 is 0 Å². The molecule has 0 amide bonds. The van der Waals surface area contributed by atoms with E-state index in [1.54, 1.807) is 12.1 Å². The van der Waals surface area contributed by atoms with E-state index in [-0.39, 0.29) is 35.3 Å². The Morgan fingerprint density at radius 2 is 1.78 bits per heavy atom. The number of ether oxygens (including phenoxy) is 1. The molecule has 0 saturated heterocycles. The monoisotopic (exact) mass is 386 g/mol. The SMILES string of the molecule is Cc1ccccc1Cc1cc2c(cc1C)C=C(C(=O)O)C(C(F)(F)F)O2.[NaH]. The Labute approximate surface area is 177 Å². The molecular formula is C20H18F3NaO3. The number of carbonyl (C=O) groups is 1. The van der Waals surface area contributed by atoms with Gasteiger partial charge in [-0.25, -0.2) is 4.79 Å². The molecule has 2 aromatic carbocycles. The van der Waals surface area contributed by atoms with E-state index in [1.165, 1.54) is 0 Å². The van der Waals surface area contributed by atoms with Crippen molar-refractivity contribution < 1.29 is 27.8 Å². The molecule has 1 heterocycles. The van der Waals surface area contributed by atoms with Crippen LogP contribution in [0.15, 0.2) is 42.0 Å². The van der Waals surface area contributed by atoms with Crippen LogP contribution in [0.3, 0.4) is 0 Å². The van der Waals surface area contributed by atoms with Gasteiger partial charge in [-0.1, -0.05) is 24.3 Å². The standard InChI is InChI=1S/C20H17F3O3.Na.H/c1-11-5-3-4-6-13(11)8-14-10-17-15(7-12(14)2)9-16(19(24)25)18(26-17)20(21,22)23;;/h3-7,9-10,18H,8H2,1-2H3,(H,24,25);;. The third-order valence-corrected chi connectivity index (χ3v) is 4.49. The van der Waals surface area contributed by atoms with Crippen LogP contribution in [-0.2, 0) is 11.2 Å². The summed E-state index contributed by atoms with van der Waals surface area (Å²) in [5, 5.41) is 9.10. The fraction of sp³-hybridized carbons (Fsp3) is 0.250. The topological polar surface area (TPSA) is 46.5 Å². The zero-order valence-corrected chi connectivity index (χ0v) is 14.2. The summed E-state index contributed by atoms with van der Waals surface area (Å²) in [6, 6.07) is 11.0. The third-order valence-electron chi connectivity index (χ3n) is 4.49. The number of carboxylic acids is 1. The van der Waals surface area contributed by atoms with Crippen LogP contribution in [0, 0.1) is 13.8 Å². The van der Waals surface area contributed by atoms with Gasteiger partial charge in [0, 0.05) is 5.56 Å². The van der Waals surface area contributed by atoms with Crippen LogP contribution in [0.25, 0.3) is 6.08 Å². The summed E-state index contributed by atoms with van der Waals surface area (Å²) in [7, 11) is 0. The Kier molecular flexibility index (Phi) is 6.45. The summed E-state index contributed by atoms with van der Waals surface area (Å²) >= 11 is 0. The summed E-state index contributed by atoms with van der Waals surface area (Å²) in [4.78, 5) is 11.2. The molecule has 0 spiro atoms. The van der Waals surface area contributed by atoms with Crippen molar-refractivity contribution in [2.75, 3.05) is 0 Å². The Bertz CT molecular complexity index is 904. The fourth-order valence-corrected chi connectivity index (χ4v) is 3.02. The van der Waals surface area contributed by atoms with Gasteiger partial charge in [-0.2, -0.15) is 13.2 Å². The number of aliphatic carboxylic acids is 1. The van der Waals surface area contributed by atoms with E-state index in [2.05, 4.69) is 0 Å².